The molecule has 1 aliphatic rings. The van der Waals surface area contributed by atoms with Crippen LogP contribution in [0.3, 0.4) is 0 Å². The van der Waals surface area contributed by atoms with Crippen LogP contribution in [-0.4, -0.2) is 22.2 Å². The number of aliphatic hydroxyl groups is 1. The highest BCUT2D eigenvalue weighted by Crippen LogP contribution is 2.46. The fraction of sp³-hybridized carbons (Fsp3) is 1.00. The Morgan fingerprint density at radius 2 is 1.87 bits per heavy atom. The molecule has 0 saturated carbocycles. The van der Waals surface area contributed by atoms with E-state index in [2.05, 4.69) is 27.7 Å². The van der Waals surface area contributed by atoms with Crippen molar-refractivity contribution in [3.05, 3.63) is 0 Å². The van der Waals surface area contributed by atoms with Gasteiger partial charge in [0.15, 0.2) is 0 Å². The Balaban J connectivity index is 2.70. The van der Waals surface area contributed by atoms with Crippen LogP contribution in [0.15, 0.2) is 0 Å². The summed E-state index contributed by atoms with van der Waals surface area (Å²) in [6.07, 6.45) is 4.52. The van der Waals surface area contributed by atoms with E-state index in [1.165, 1.54) is 18.6 Å². The standard InChI is InChI=1S/C13H26OS/c1-5-11(6-2)9-13(14)10-15-8-7-12(13,3)4/h11,14H,5-10H2,1-4H3. The summed E-state index contributed by atoms with van der Waals surface area (Å²) in [5, 5.41) is 10.8. The molecule has 90 valence electrons. The van der Waals surface area contributed by atoms with Crippen LogP contribution in [0.2, 0.25) is 0 Å². The van der Waals surface area contributed by atoms with Crippen molar-refractivity contribution in [2.75, 3.05) is 11.5 Å². The van der Waals surface area contributed by atoms with Gasteiger partial charge >= 0.3 is 0 Å². The largest absolute Gasteiger partial charge is 0.388 e. The summed E-state index contributed by atoms with van der Waals surface area (Å²) < 4.78 is 0. The third-order valence-electron chi connectivity index (χ3n) is 4.25. The lowest BCUT2D eigenvalue weighted by molar-refractivity contribution is -0.0699. The average molecular weight is 230 g/mol. The highest BCUT2D eigenvalue weighted by Gasteiger charge is 2.46. The zero-order valence-corrected chi connectivity index (χ0v) is 11.5. The Labute approximate surface area is 99.0 Å². The smallest absolute Gasteiger partial charge is 0.0791 e. The molecule has 1 N–H and O–H groups in total. The van der Waals surface area contributed by atoms with Crippen LogP contribution in [0.1, 0.15) is 53.4 Å². The van der Waals surface area contributed by atoms with Gasteiger partial charge in [0.2, 0.25) is 0 Å². The van der Waals surface area contributed by atoms with E-state index >= 15 is 0 Å². The molecule has 0 radical (unpaired) electrons. The van der Waals surface area contributed by atoms with Gasteiger partial charge in [0.25, 0.3) is 0 Å². The van der Waals surface area contributed by atoms with E-state index < -0.39 is 5.60 Å². The van der Waals surface area contributed by atoms with Crippen LogP contribution in [0.5, 0.6) is 0 Å². The fourth-order valence-corrected chi connectivity index (χ4v) is 4.03. The first kappa shape index (κ1) is 13.4. The maximum atomic E-state index is 10.8. The van der Waals surface area contributed by atoms with Gasteiger partial charge in [-0.25, -0.2) is 0 Å². The van der Waals surface area contributed by atoms with Gasteiger partial charge < -0.3 is 5.11 Å². The van der Waals surface area contributed by atoms with Gasteiger partial charge in [-0.3, -0.25) is 0 Å². The van der Waals surface area contributed by atoms with Crippen LogP contribution in [0.25, 0.3) is 0 Å². The van der Waals surface area contributed by atoms with Crippen molar-refractivity contribution >= 4 is 11.8 Å². The molecule has 0 aromatic rings. The van der Waals surface area contributed by atoms with E-state index in [-0.39, 0.29) is 5.41 Å². The fourth-order valence-electron chi connectivity index (χ4n) is 2.39. The van der Waals surface area contributed by atoms with Crippen molar-refractivity contribution in [2.24, 2.45) is 11.3 Å². The van der Waals surface area contributed by atoms with Gasteiger partial charge in [-0.1, -0.05) is 40.5 Å². The molecule has 0 spiro atoms. The van der Waals surface area contributed by atoms with Crippen molar-refractivity contribution in [3.8, 4) is 0 Å². The Hall–Kier alpha value is 0.310. The van der Waals surface area contributed by atoms with Crippen LogP contribution in [-0.2, 0) is 0 Å². The second-order valence-corrected chi connectivity index (χ2v) is 6.71. The summed E-state index contributed by atoms with van der Waals surface area (Å²) in [5.41, 5.74) is -0.340. The van der Waals surface area contributed by atoms with Gasteiger partial charge in [0, 0.05) is 5.75 Å². The second-order valence-electron chi connectivity index (χ2n) is 5.60. The summed E-state index contributed by atoms with van der Waals surface area (Å²) >= 11 is 1.92. The van der Waals surface area contributed by atoms with Gasteiger partial charge in [0.1, 0.15) is 0 Å². The summed E-state index contributed by atoms with van der Waals surface area (Å²) in [6, 6.07) is 0. The van der Waals surface area contributed by atoms with E-state index in [1.807, 2.05) is 11.8 Å². The van der Waals surface area contributed by atoms with Crippen molar-refractivity contribution in [1.82, 2.24) is 0 Å². The van der Waals surface area contributed by atoms with Crippen molar-refractivity contribution in [1.29, 1.82) is 0 Å². The number of hydrogen-bond donors (Lipinski definition) is 1. The Bertz CT molecular complexity index is 199. The molecule has 1 saturated heterocycles. The third kappa shape index (κ3) is 2.91. The van der Waals surface area contributed by atoms with Crippen LogP contribution < -0.4 is 0 Å². The molecule has 0 aliphatic carbocycles. The number of thioether (sulfide) groups is 1. The molecule has 0 amide bonds. The molecule has 2 heteroatoms. The Morgan fingerprint density at radius 1 is 1.27 bits per heavy atom. The van der Waals surface area contributed by atoms with Crippen molar-refractivity contribution in [2.45, 2.75) is 59.0 Å². The molecule has 0 bridgehead atoms. The molecule has 15 heavy (non-hydrogen) atoms. The topological polar surface area (TPSA) is 20.2 Å². The summed E-state index contributed by atoms with van der Waals surface area (Å²) in [6.45, 7) is 8.94. The van der Waals surface area contributed by atoms with Gasteiger partial charge in [-0.05, 0) is 29.9 Å². The first-order valence-electron chi connectivity index (χ1n) is 6.25. The molecule has 1 rings (SSSR count). The first-order chi connectivity index (χ1) is 6.95. The average Bonchev–Trinajstić information content (AvgIpc) is 2.19. The highest BCUT2D eigenvalue weighted by atomic mass is 32.2. The predicted molar refractivity (Wildman–Crippen MR) is 69.4 cm³/mol. The molecule has 1 aliphatic heterocycles. The molecule has 1 fully saturated rings. The van der Waals surface area contributed by atoms with Crippen LogP contribution in [0, 0.1) is 11.3 Å². The number of hydrogen-bond acceptors (Lipinski definition) is 2. The quantitative estimate of drug-likeness (QED) is 0.794. The van der Waals surface area contributed by atoms with E-state index in [9.17, 15) is 5.11 Å². The van der Waals surface area contributed by atoms with Crippen molar-refractivity contribution < 1.29 is 5.11 Å². The Kier molecular flexibility index (Phi) is 4.54. The third-order valence-corrected chi connectivity index (χ3v) is 5.43. The van der Waals surface area contributed by atoms with Gasteiger partial charge in [-0.15, -0.1) is 0 Å². The molecule has 0 aromatic carbocycles. The zero-order chi connectivity index (χ0) is 11.5. The zero-order valence-electron chi connectivity index (χ0n) is 10.7. The monoisotopic (exact) mass is 230 g/mol. The van der Waals surface area contributed by atoms with Crippen LogP contribution >= 0.6 is 11.8 Å². The minimum absolute atomic E-state index is 0.0981. The van der Waals surface area contributed by atoms with E-state index in [1.54, 1.807) is 0 Å². The SMILES string of the molecule is CCC(CC)CC1(O)CSCCC1(C)C. The van der Waals surface area contributed by atoms with Crippen molar-refractivity contribution in [3.63, 3.8) is 0 Å². The summed E-state index contributed by atoms with van der Waals surface area (Å²) in [5.74, 6) is 2.82. The Morgan fingerprint density at radius 3 is 2.33 bits per heavy atom. The lowest BCUT2D eigenvalue weighted by Crippen LogP contribution is -2.51. The first-order valence-corrected chi connectivity index (χ1v) is 7.41. The summed E-state index contributed by atoms with van der Waals surface area (Å²) in [4.78, 5) is 0. The second kappa shape index (κ2) is 5.09. The maximum absolute atomic E-state index is 10.8. The molecule has 1 atom stereocenters. The minimum Gasteiger partial charge on any atom is -0.388 e. The normalized spacial score (nSPS) is 30.8. The van der Waals surface area contributed by atoms with Gasteiger partial charge in [0.05, 0.1) is 5.60 Å². The molecule has 1 heterocycles. The molecule has 0 aromatic heterocycles. The lowest BCUT2D eigenvalue weighted by atomic mass is 9.69. The summed E-state index contributed by atoms with van der Waals surface area (Å²) in [7, 11) is 0. The van der Waals surface area contributed by atoms with E-state index in [0.717, 1.165) is 18.6 Å². The molecular weight excluding hydrogens is 204 g/mol. The van der Waals surface area contributed by atoms with E-state index in [0.29, 0.717) is 5.92 Å². The van der Waals surface area contributed by atoms with Gasteiger partial charge in [-0.2, -0.15) is 11.8 Å². The molecule has 1 nitrogen and oxygen atoms in total. The predicted octanol–water partition coefficient (Wildman–Crippen LogP) is 3.71. The maximum Gasteiger partial charge on any atom is 0.0791 e. The molecular formula is C13H26OS. The number of rotatable bonds is 4. The minimum atomic E-state index is -0.438. The van der Waals surface area contributed by atoms with E-state index in [4.69, 9.17) is 0 Å². The molecule has 1 unspecified atom stereocenters. The lowest BCUT2D eigenvalue weighted by Gasteiger charge is -2.47. The highest BCUT2D eigenvalue weighted by molar-refractivity contribution is 7.99. The van der Waals surface area contributed by atoms with Crippen LogP contribution in [0.4, 0.5) is 0 Å².